The fourth-order valence-electron chi connectivity index (χ4n) is 7.71. The number of nitrogens with zero attached hydrogens (tertiary/aromatic N) is 6. The van der Waals surface area contributed by atoms with E-state index >= 15 is 0 Å². The highest BCUT2D eigenvalue weighted by Crippen LogP contribution is 2.41. The van der Waals surface area contributed by atoms with Crippen molar-refractivity contribution in [3.63, 3.8) is 0 Å². The Bertz CT molecular complexity index is 1790. The average Bonchev–Trinajstić information content (AvgIpc) is 3.07. The number of hydrogen-bond acceptors (Lipinski definition) is 14. The largest absolute Gasteiger partial charge is 0.483 e. The number of carbonyl (C=O) groups is 4. The molecule has 18 heteroatoms. The highest BCUT2D eigenvalue weighted by Gasteiger charge is 2.40. The Morgan fingerprint density at radius 1 is 0.714 bits per heavy atom. The Labute approximate surface area is 326 Å². The summed E-state index contributed by atoms with van der Waals surface area (Å²) in [7, 11) is 4.24. The number of benzene rings is 2. The molecule has 6 aliphatic rings. The van der Waals surface area contributed by atoms with Gasteiger partial charge in [0.2, 0.25) is 0 Å². The molecular weight excluding hydrogens is 724 g/mol. The molecule has 56 heavy (non-hydrogen) atoms. The van der Waals surface area contributed by atoms with Crippen LogP contribution in [0.3, 0.4) is 0 Å². The Kier molecular flexibility index (Phi) is 12.0. The number of ether oxygens (including phenoxy) is 2. The summed E-state index contributed by atoms with van der Waals surface area (Å²) in [5.41, 5.74) is 11.5. The zero-order valence-corrected chi connectivity index (χ0v) is 33.7. The Morgan fingerprint density at radius 2 is 1.04 bits per heavy atom. The lowest BCUT2D eigenvalue weighted by molar-refractivity contribution is -0.135. The van der Waals surface area contributed by atoms with Gasteiger partial charge in [-0.25, -0.2) is 10.9 Å². The molecule has 2 atom stereocenters. The lowest BCUT2D eigenvalue weighted by atomic mass is 9.92. The van der Waals surface area contributed by atoms with Crippen molar-refractivity contribution in [1.82, 2.24) is 20.7 Å². The van der Waals surface area contributed by atoms with Gasteiger partial charge < -0.3 is 49.9 Å². The second-order valence-electron chi connectivity index (χ2n) is 15.7. The van der Waals surface area contributed by atoms with Gasteiger partial charge in [0.25, 0.3) is 23.8 Å². The number of nitrogens with one attached hydrogen (secondary N) is 4. The molecule has 2 fully saturated rings. The van der Waals surface area contributed by atoms with Gasteiger partial charge in [-0.2, -0.15) is 10.2 Å². The van der Waals surface area contributed by atoms with Crippen LogP contribution >= 0.6 is 0 Å². The third-order valence-electron chi connectivity index (χ3n) is 9.87. The topological polar surface area (TPSA) is 213 Å². The van der Waals surface area contributed by atoms with Gasteiger partial charge in [-0.15, -0.1) is 0 Å². The standard InChI is InChI=1S/2C17H23N5O2.2C2H4O2/c2*1-10-5-14-13(6-12(10)18-17(3)8-21(4)9-17)22-11(2)16(23)20-19-15(22)7-24-14;2*1-2(3)4/h2*5-6,11,18H,7-9H2,1-4H3,(H,20,23);2*1H3,(H,3,4)/t2*11-;;/m10../s1. The molecule has 0 aromatic heterocycles. The minimum atomic E-state index is -0.833. The van der Waals surface area contributed by atoms with Crippen LogP contribution in [-0.4, -0.2) is 132 Å². The number of amides is 2. The van der Waals surface area contributed by atoms with Crippen molar-refractivity contribution in [1.29, 1.82) is 0 Å². The molecular formula is C38H54N10O8. The maximum atomic E-state index is 12.0. The first-order valence-electron chi connectivity index (χ1n) is 18.4. The van der Waals surface area contributed by atoms with Crippen molar-refractivity contribution in [2.75, 3.05) is 73.9 Å². The number of aliphatic carboxylic acids is 2. The summed E-state index contributed by atoms with van der Waals surface area (Å²) in [6.45, 7) is 19.3. The second kappa shape index (κ2) is 16.2. The summed E-state index contributed by atoms with van der Waals surface area (Å²) in [6.07, 6.45) is 0. The van der Waals surface area contributed by atoms with Gasteiger partial charge >= 0.3 is 0 Å². The van der Waals surface area contributed by atoms with Gasteiger partial charge in [0.05, 0.1) is 22.5 Å². The number of likely N-dealkylation sites (N-methyl/N-ethyl adjacent to an activating group) is 2. The molecule has 6 N–H and O–H groups in total. The Balaban J connectivity index is 0.000000180. The molecule has 2 aromatic rings. The smallest absolute Gasteiger partial charge is 0.300 e. The van der Waals surface area contributed by atoms with Crippen LogP contribution in [0.1, 0.15) is 52.7 Å². The van der Waals surface area contributed by atoms with Crippen molar-refractivity contribution < 1.29 is 38.9 Å². The number of aryl methyl sites for hydroxylation is 2. The van der Waals surface area contributed by atoms with Gasteiger partial charge in [-0.3, -0.25) is 19.2 Å². The summed E-state index contributed by atoms with van der Waals surface area (Å²) in [4.78, 5) is 50.5. The van der Waals surface area contributed by atoms with Crippen LogP contribution < -0.4 is 40.8 Å². The molecule has 6 aliphatic heterocycles. The fourth-order valence-corrected chi connectivity index (χ4v) is 7.71. The fraction of sp³-hybridized carbons (Fsp3) is 0.526. The number of anilines is 4. The molecule has 2 saturated heterocycles. The van der Waals surface area contributed by atoms with Crippen LogP contribution in [0.25, 0.3) is 0 Å². The van der Waals surface area contributed by atoms with E-state index in [4.69, 9.17) is 29.3 Å². The van der Waals surface area contributed by atoms with Gasteiger partial charge in [0.1, 0.15) is 36.8 Å². The van der Waals surface area contributed by atoms with E-state index in [0.717, 1.165) is 97.1 Å². The van der Waals surface area contributed by atoms with Crippen molar-refractivity contribution >= 4 is 58.2 Å². The predicted octanol–water partition coefficient (Wildman–Crippen LogP) is 2.47. The monoisotopic (exact) mass is 778 g/mol. The second-order valence-corrected chi connectivity index (χ2v) is 15.7. The molecule has 2 aromatic carbocycles. The zero-order chi connectivity index (χ0) is 41.3. The summed E-state index contributed by atoms with van der Waals surface area (Å²) < 4.78 is 11.7. The minimum Gasteiger partial charge on any atom is -0.483 e. The maximum Gasteiger partial charge on any atom is 0.300 e. The Hall–Kier alpha value is -5.62. The number of likely N-dealkylation sites (tertiary alicyclic amines) is 2. The molecule has 0 radical (unpaired) electrons. The highest BCUT2D eigenvalue weighted by molar-refractivity contribution is 6.10. The van der Waals surface area contributed by atoms with E-state index < -0.39 is 11.9 Å². The van der Waals surface area contributed by atoms with Crippen molar-refractivity contribution in [3.05, 3.63) is 35.4 Å². The SMILES string of the molecule is CC(=O)O.CC(=O)O.Cc1cc2c(cc1NC1(C)CN(C)C1)N1C(=NNC(=O)[C@@H]1C)CO2.Cc1cc2c(cc1NC1(C)CN(C)C1)N1C(=NNC(=O)[C@H]1C)CO2. The van der Waals surface area contributed by atoms with Crippen LogP contribution in [-0.2, 0) is 19.2 Å². The molecule has 0 bridgehead atoms. The van der Waals surface area contributed by atoms with E-state index in [1.807, 2.05) is 35.8 Å². The summed E-state index contributed by atoms with van der Waals surface area (Å²) in [6, 6.07) is 7.64. The maximum absolute atomic E-state index is 12.0. The molecule has 18 nitrogen and oxygen atoms in total. The van der Waals surface area contributed by atoms with Crippen LogP contribution in [0.15, 0.2) is 34.5 Å². The van der Waals surface area contributed by atoms with E-state index in [0.29, 0.717) is 13.2 Å². The first-order valence-corrected chi connectivity index (χ1v) is 18.4. The number of hydrazone groups is 2. The summed E-state index contributed by atoms with van der Waals surface area (Å²) >= 11 is 0. The molecule has 0 spiro atoms. The van der Waals surface area contributed by atoms with Crippen LogP contribution in [0.4, 0.5) is 22.7 Å². The average molecular weight is 779 g/mol. The molecule has 8 rings (SSSR count). The third kappa shape index (κ3) is 9.25. The zero-order valence-electron chi connectivity index (χ0n) is 33.7. The number of hydrogen-bond donors (Lipinski definition) is 6. The van der Waals surface area contributed by atoms with E-state index in [1.54, 1.807) is 0 Å². The molecule has 0 aliphatic carbocycles. The molecule has 0 unspecified atom stereocenters. The number of fused-ring (bicyclic) bond motifs is 6. The first-order chi connectivity index (χ1) is 26.2. The number of carboxylic acid groups (broad SMARTS) is 2. The van der Waals surface area contributed by atoms with E-state index in [2.05, 4.69) is 95.4 Å². The van der Waals surface area contributed by atoms with E-state index in [1.165, 1.54) is 0 Å². The molecule has 304 valence electrons. The number of carboxylic acids is 2. The normalized spacial score (nSPS) is 22.2. The minimum absolute atomic E-state index is 0.0745. The van der Waals surface area contributed by atoms with E-state index in [9.17, 15) is 9.59 Å². The summed E-state index contributed by atoms with van der Waals surface area (Å²) in [5.74, 6) is 1.20. The van der Waals surface area contributed by atoms with Gasteiger partial charge in [0, 0.05) is 51.4 Å². The van der Waals surface area contributed by atoms with E-state index in [-0.39, 0.29) is 35.0 Å². The van der Waals surface area contributed by atoms with Crippen molar-refractivity contribution in [3.8, 4) is 11.5 Å². The quantitative estimate of drug-likeness (QED) is 0.263. The van der Waals surface area contributed by atoms with Crippen LogP contribution in [0, 0.1) is 13.8 Å². The van der Waals surface area contributed by atoms with Gasteiger partial charge in [-0.05, 0) is 91.0 Å². The number of rotatable bonds is 4. The predicted molar refractivity (Wildman–Crippen MR) is 214 cm³/mol. The lowest BCUT2D eigenvalue weighted by Crippen LogP contribution is -2.62. The first kappa shape index (κ1) is 41.5. The number of amidine groups is 2. The highest BCUT2D eigenvalue weighted by atomic mass is 16.5. The summed E-state index contributed by atoms with van der Waals surface area (Å²) in [5, 5.41) is 30.4. The third-order valence-corrected chi connectivity index (χ3v) is 9.87. The Morgan fingerprint density at radius 3 is 1.34 bits per heavy atom. The van der Waals surface area contributed by atoms with Gasteiger partial charge in [-0.1, -0.05) is 0 Å². The molecule has 6 heterocycles. The van der Waals surface area contributed by atoms with Crippen LogP contribution in [0.2, 0.25) is 0 Å². The van der Waals surface area contributed by atoms with Crippen molar-refractivity contribution in [2.24, 2.45) is 10.2 Å². The lowest BCUT2D eigenvalue weighted by Gasteiger charge is -2.47. The van der Waals surface area contributed by atoms with Gasteiger partial charge in [0.15, 0.2) is 11.7 Å². The van der Waals surface area contributed by atoms with Crippen LogP contribution in [0.5, 0.6) is 11.5 Å². The van der Waals surface area contributed by atoms with Crippen molar-refractivity contribution in [2.45, 2.75) is 78.6 Å². The molecule has 2 amide bonds. The molecule has 0 saturated carbocycles. The number of carbonyl (C=O) groups excluding carboxylic acids is 2.